The molecule has 5 heteroatoms. The molecule has 0 amide bonds. The molecule has 0 aliphatic heterocycles. The van der Waals surface area contributed by atoms with Gasteiger partial charge in [-0.2, -0.15) is 5.10 Å². The Morgan fingerprint density at radius 2 is 1.80 bits per heavy atom. The maximum atomic E-state index is 10.8. The van der Waals surface area contributed by atoms with Crippen LogP contribution in [0.15, 0.2) is 53.6 Å². The number of nitrogens with zero attached hydrogens (tertiary/aromatic N) is 1. The van der Waals surface area contributed by atoms with E-state index in [1.807, 2.05) is 24.3 Å². The second-order valence-electron chi connectivity index (χ2n) is 4.04. The van der Waals surface area contributed by atoms with Crippen molar-refractivity contribution in [2.75, 3.05) is 5.43 Å². The first-order valence-corrected chi connectivity index (χ1v) is 6.34. The molecule has 1 N–H and O–H groups in total. The fourth-order valence-electron chi connectivity index (χ4n) is 1.49. The van der Waals surface area contributed by atoms with Crippen molar-refractivity contribution >= 4 is 29.5 Å². The number of esters is 1. The maximum absolute atomic E-state index is 10.8. The average molecular weight is 289 g/mol. The molecule has 0 atom stereocenters. The molecule has 2 aromatic carbocycles. The highest BCUT2D eigenvalue weighted by Crippen LogP contribution is 2.14. The van der Waals surface area contributed by atoms with Crippen LogP contribution in [-0.4, -0.2) is 12.2 Å². The standard InChI is InChI=1S/C15H13ClN2O2/c1-11(19)20-15-8-2-12(3-9-15)10-17-18-14-6-4-13(16)5-7-14/h2-10,18H,1H3/b17-10+. The molecule has 0 radical (unpaired) electrons. The number of benzene rings is 2. The van der Waals surface area contributed by atoms with Crippen LogP contribution < -0.4 is 10.2 Å². The zero-order chi connectivity index (χ0) is 14.4. The van der Waals surface area contributed by atoms with Gasteiger partial charge in [0, 0.05) is 11.9 Å². The normalized spacial score (nSPS) is 10.5. The van der Waals surface area contributed by atoms with Gasteiger partial charge in [-0.25, -0.2) is 0 Å². The Bertz CT molecular complexity index is 607. The van der Waals surface area contributed by atoms with Gasteiger partial charge in [0.05, 0.1) is 11.9 Å². The molecule has 0 spiro atoms. The molecule has 2 aromatic rings. The minimum absolute atomic E-state index is 0.337. The summed E-state index contributed by atoms with van der Waals surface area (Å²) in [6.45, 7) is 1.37. The van der Waals surface area contributed by atoms with E-state index < -0.39 is 0 Å². The monoisotopic (exact) mass is 288 g/mol. The van der Waals surface area contributed by atoms with Gasteiger partial charge in [-0.05, 0) is 54.1 Å². The third kappa shape index (κ3) is 4.40. The fourth-order valence-corrected chi connectivity index (χ4v) is 1.62. The van der Waals surface area contributed by atoms with Crippen molar-refractivity contribution in [3.8, 4) is 5.75 Å². The quantitative estimate of drug-likeness (QED) is 0.404. The molecule has 4 nitrogen and oxygen atoms in total. The van der Waals surface area contributed by atoms with Gasteiger partial charge in [0.15, 0.2) is 0 Å². The molecule has 102 valence electrons. The number of carbonyl (C=O) groups is 1. The first-order valence-electron chi connectivity index (χ1n) is 5.96. The third-order valence-corrected chi connectivity index (χ3v) is 2.65. The number of carbonyl (C=O) groups excluding carboxylic acids is 1. The van der Waals surface area contributed by atoms with Crippen molar-refractivity contribution in [1.82, 2.24) is 0 Å². The lowest BCUT2D eigenvalue weighted by Gasteiger charge is -2.01. The van der Waals surface area contributed by atoms with Crippen molar-refractivity contribution in [2.24, 2.45) is 5.10 Å². The Morgan fingerprint density at radius 1 is 1.15 bits per heavy atom. The minimum atomic E-state index is -0.337. The van der Waals surface area contributed by atoms with Crippen molar-refractivity contribution in [2.45, 2.75) is 6.92 Å². The maximum Gasteiger partial charge on any atom is 0.308 e. The number of halogens is 1. The number of ether oxygens (including phenoxy) is 1. The van der Waals surface area contributed by atoms with E-state index >= 15 is 0 Å². The largest absolute Gasteiger partial charge is 0.427 e. The van der Waals surface area contributed by atoms with Crippen LogP contribution >= 0.6 is 11.6 Å². The minimum Gasteiger partial charge on any atom is -0.427 e. The highest BCUT2D eigenvalue weighted by Gasteiger charge is 1.97. The molecule has 0 saturated carbocycles. The van der Waals surface area contributed by atoms with Crippen LogP contribution in [0, 0.1) is 0 Å². The predicted molar refractivity (Wildman–Crippen MR) is 80.4 cm³/mol. The Hall–Kier alpha value is -2.33. The van der Waals surface area contributed by atoms with E-state index in [0.717, 1.165) is 11.3 Å². The zero-order valence-electron chi connectivity index (χ0n) is 10.8. The summed E-state index contributed by atoms with van der Waals surface area (Å²) < 4.78 is 4.94. The van der Waals surface area contributed by atoms with Crippen LogP contribution in [0.1, 0.15) is 12.5 Å². The molecule has 0 bridgehead atoms. The Balaban J connectivity index is 1.94. The summed E-state index contributed by atoms with van der Waals surface area (Å²) in [5.74, 6) is 0.177. The Morgan fingerprint density at radius 3 is 2.40 bits per heavy atom. The van der Waals surface area contributed by atoms with Crippen LogP contribution in [0.2, 0.25) is 5.02 Å². The van der Waals surface area contributed by atoms with E-state index in [1.54, 1.807) is 30.5 Å². The van der Waals surface area contributed by atoms with Gasteiger partial charge < -0.3 is 4.74 Å². The molecular formula is C15H13ClN2O2. The van der Waals surface area contributed by atoms with Crippen molar-refractivity contribution in [1.29, 1.82) is 0 Å². The van der Waals surface area contributed by atoms with Gasteiger partial charge in [-0.1, -0.05) is 11.6 Å². The highest BCUT2D eigenvalue weighted by molar-refractivity contribution is 6.30. The third-order valence-electron chi connectivity index (χ3n) is 2.39. The molecule has 0 unspecified atom stereocenters. The van der Waals surface area contributed by atoms with Gasteiger partial charge in [0.1, 0.15) is 5.75 Å². The van der Waals surface area contributed by atoms with E-state index in [2.05, 4.69) is 10.5 Å². The lowest BCUT2D eigenvalue weighted by molar-refractivity contribution is -0.131. The van der Waals surface area contributed by atoms with Gasteiger partial charge in [-0.15, -0.1) is 0 Å². The van der Waals surface area contributed by atoms with Crippen molar-refractivity contribution < 1.29 is 9.53 Å². The van der Waals surface area contributed by atoms with Crippen LogP contribution in [0.5, 0.6) is 5.75 Å². The second-order valence-corrected chi connectivity index (χ2v) is 4.48. The molecular weight excluding hydrogens is 276 g/mol. The van der Waals surface area contributed by atoms with E-state index in [-0.39, 0.29) is 5.97 Å². The molecule has 20 heavy (non-hydrogen) atoms. The summed E-state index contributed by atoms with van der Waals surface area (Å²) in [6.07, 6.45) is 1.67. The molecule has 0 aliphatic rings. The smallest absolute Gasteiger partial charge is 0.308 e. The average Bonchev–Trinajstić information content (AvgIpc) is 2.42. The van der Waals surface area contributed by atoms with E-state index in [4.69, 9.17) is 16.3 Å². The summed E-state index contributed by atoms with van der Waals surface area (Å²) >= 11 is 5.79. The van der Waals surface area contributed by atoms with Gasteiger partial charge >= 0.3 is 5.97 Å². The molecule has 0 saturated heterocycles. The van der Waals surface area contributed by atoms with Crippen LogP contribution in [0.4, 0.5) is 5.69 Å². The summed E-state index contributed by atoms with van der Waals surface area (Å²) in [7, 11) is 0. The number of hydrazone groups is 1. The fraction of sp³-hybridized carbons (Fsp3) is 0.0667. The van der Waals surface area contributed by atoms with Gasteiger partial charge in [-0.3, -0.25) is 10.2 Å². The van der Waals surface area contributed by atoms with Gasteiger partial charge in [0.2, 0.25) is 0 Å². The SMILES string of the molecule is CC(=O)Oc1ccc(/C=N/Nc2ccc(Cl)cc2)cc1. The highest BCUT2D eigenvalue weighted by atomic mass is 35.5. The molecule has 2 rings (SSSR count). The van der Waals surface area contributed by atoms with E-state index in [0.29, 0.717) is 10.8 Å². The summed E-state index contributed by atoms with van der Waals surface area (Å²) in [5.41, 5.74) is 4.63. The number of rotatable bonds is 4. The van der Waals surface area contributed by atoms with Crippen molar-refractivity contribution in [3.63, 3.8) is 0 Å². The van der Waals surface area contributed by atoms with Gasteiger partial charge in [0.25, 0.3) is 0 Å². The second kappa shape index (κ2) is 6.73. The van der Waals surface area contributed by atoms with Crippen LogP contribution in [0.3, 0.4) is 0 Å². The zero-order valence-corrected chi connectivity index (χ0v) is 11.6. The first kappa shape index (κ1) is 14.1. The predicted octanol–water partition coefficient (Wildman–Crippen LogP) is 3.71. The van der Waals surface area contributed by atoms with Crippen LogP contribution in [-0.2, 0) is 4.79 Å². The molecule has 0 fully saturated rings. The van der Waals surface area contributed by atoms with E-state index in [1.165, 1.54) is 6.92 Å². The van der Waals surface area contributed by atoms with E-state index in [9.17, 15) is 4.79 Å². The summed E-state index contributed by atoms with van der Waals surface area (Å²) in [6, 6.07) is 14.3. The summed E-state index contributed by atoms with van der Waals surface area (Å²) in [5, 5.41) is 4.79. The van der Waals surface area contributed by atoms with Crippen LogP contribution in [0.25, 0.3) is 0 Å². The number of anilines is 1. The lowest BCUT2D eigenvalue weighted by Crippen LogP contribution is -2.01. The Labute approximate surface area is 122 Å². The molecule has 0 heterocycles. The topological polar surface area (TPSA) is 50.7 Å². The molecule has 0 aromatic heterocycles. The number of hydrogen-bond donors (Lipinski definition) is 1. The Kier molecular flexibility index (Phi) is 4.74. The van der Waals surface area contributed by atoms with Crippen molar-refractivity contribution in [3.05, 3.63) is 59.1 Å². The summed E-state index contributed by atoms with van der Waals surface area (Å²) in [4.78, 5) is 10.8. The number of hydrogen-bond acceptors (Lipinski definition) is 4. The lowest BCUT2D eigenvalue weighted by atomic mass is 10.2. The first-order chi connectivity index (χ1) is 9.63. The number of nitrogens with one attached hydrogen (secondary N) is 1. The molecule has 0 aliphatic carbocycles.